The van der Waals surface area contributed by atoms with Crippen LogP contribution in [0.15, 0.2) is 43.0 Å². The van der Waals surface area contributed by atoms with Crippen LogP contribution < -0.4 is 33.3 Å². The van der Waals surface area contributed by atoms with Crippen LogP contribution in [-0.2, 0) is 13.6 Å². The largest absolute Gasteiger partial charge is 1.00 e. The number of nitrogens with zero attached hydrogens (tertiary/aromatic N) is 3. The molecule has 20 heavy (non-hydrogen) atoms. The van der Waals surface area contributed by atoms with Crippen LogP contribution in [0.25, 0.3) is 0 Å². The molecular formula is C14H18IN3O2. The number of hydrogen-bond donors (Lipinski definition) is 0. The maximum Gasteiger partial charge on any atom is 0.415 e. The van der Waals surface area contributed by atoms with Crippen LogP contribution in [0.4, 0.5) is 4.79 Å². The number of ether oxygens (including phenoxy) is 1. The first-order chi connectivity index (χ1) is 9.10. The topological polar surface area (TPSA) is 38.4 Å². The van der Waals surface area contributed by atoms with Crippen LogP contribution in [0.1, 0.15) is 5.56 Å². The van der Waals surface area contributed by atoms with Crippen LogP contribution in [0.5, 0.6) is 5.75 Å². The summed E-state index contributed by atoms with van der Waals surface area (Å²) in [4.78, 5) is 13.8. The van der Waals surface area contributed by atoms with Gasteiger partial charge in [0, 0.05) is 13.6 Å². The summed E-state index contributed by atoms with van der Waals surface area (Å²) in [6.07, 6.45) is 5.31. The van der Waals surface area contributed by atoms with Gasteiger partial charge in [0.25, 0.3) is 6.33 Å². The summed E-state index contributed by atoms with van der Waals surface area (Å²) in [6.45, 7) is 0.540. The number of methoxy groups -OCH3 is 1. The third-order valence-corrected chi connectivity index (χ3v) is 2.87. The highest BCUT2D eigenvalue weighted by Crippen LogP contribution is 2.14. The lowest BCUT2D eigenvalue weighted by Gasteiger charge is -2.14. The molecule has 6 heteroatoms. The zero-order valence-corrected chi connectivity index (χ0v) is 13.9. The van der Waals surface area contributed by atoms with Crippen molar-refractivity contribution >= 4 is 6.03 Å². The first-order valence-corrected chi connectivity index (χ1v) is 6.02. The number of hydrogen-bond acceptors (Lipinski definition) is 2. The minimum Gasteiger partial charge on any atom is -1.00 e. The highest BCUT2D eigenvalue weighted by atomic mass is 127. The van der Waals surface area contributed by atoms with Gasteiger partial charge in [0.1, 0.15) is 18.1 Å². The lowest BCUT2D eigenvalue weighted by Crippen LogP contribution is -3.00. The summed E-state index contributed by atoms with van der Waals surface area (Å²) in [6, 6.07) is 7.64. The van der Waals surface area contributed by atoms with E-state index in [2.05, 4.69) is 0 Å². The molecule has 0 N–H and O–H groups in total. The average Bonchev–Trinajstić information content (AvgIpc) is 2.84. The van der Waals surface area contributed by atoms with Crippen molar-refractivity contribution in [1.29, 1.82) is 0 Å². The number of rotatable bonds is 3. The van der Waals surface area contributed by atoms with E-state index < -0.39 is 0 Å². The Morgan fingerprint density at radius 3 is 2.80 bits per heavy atom. The Labute approximate surface area is 135 Å². The molecule has 108 valence electrons. The fourth-order valence-electron chi connectivity index (χ4n) is 1.87. The molecule has 0 radical (unpaired) electrons. The number of carbonyl (C=O) groups excluding carboxylic acids is 1. The Morgan fingerprint density at radius 1 is 1.45 bits per heavy atom. The molecule has 5 nitrogen and oxygen atoms in total. The van der Waals surface area contributed by atoms with E-state index in [0.29, 0.717) is 6.54 Å². The molecule has 0 bridgehead atoms. The van der Waals surface area contributed by atoms with Gasteiger partial charge >= 0.3 is 6.03 Å². The van der Waals surface area contributed by atoms with Crippen molar-refractivity contribution in [1.82, 2.24) is 9.47 Å². The molecular weight excluding hydrogens is 369 g/mol. The lowest BCUT2D eigenvalue weighted by molar-refractivity contribution is -0.670. The van der Waals surface area contributed by atoms with Gasteiger partial charge in [-0.05, 0) is 17.7 Å². The van der Waals surface area contributed by atoms with E-state index in [1.807, 2.05) is 42.1 Å². The SMILES string of the molecule is COc1cccc(CN(C)C(=O)n2cc[n+](C)c2)c1.[I-]. The minimum absolute atomic E-state index is 0. The maximum atomic E-state index is 12.2. The second kappa shape index (κ2) is 7.28. The molecule has 0 saturated heterocycles. The molecule has 0 unspecified atom stereocenters. The molecule has 2 rings (SSSR count). The standard InChI is InChI=1S/C14H18N3O2.HI/c1-15-7-8-17(11-15)14(18)16(2)10-12-5-4-6-13(9-12)19-3;/h4-9,11H,10H2,1-3H3;1H/q+1;/p-1. The van der Waals surface area contributed by atoms with E-state index >= 15 is 0 Å². The van der Waals surface area contributed by atoms with Gasteiger partial charge in [0.05, 0.1) is 14.2 Å². The number of amides is 1. The van der Waals surface area contributed by atoms with E-state index in [0.717, 1.165) is 11.3 Å². The molecule has 0 spiro atoms. The van der Waals surface area contributed by atoms with Gasteiger partial charge in [0.15, 0.2) is 0 Å². The summed E-state index contributed by atoms with van der Waals surface area (Å²) in [5.74, 6) is 0.797. The van der Waals surface area contributed by atoms with Crippen LogP contribution >= 0.6 is 0 Å². The normalized spacial score (nSPS) is 9.75. The third kappa shape index (κ3) is 3.96. The molecule has 0 fully saturated rings. The van der Waals surface area contributed by atoms with Gasteiger partial charge < -0.3 is 33.6 Å². The molecule has 0 saturated carbocycles. The van der Waals surface area contributed by atoms with Crippen molar-refractivity contribution in [2.45, 2.75) is 6.54 Å². The number of imidazole rings is 1. The Balaban J connectivity index is 0.00000200. The van der Waals surface area contributed by atoms with Gasteiger partial charge in [-0.25, -0.2) is 9.36 Å². The van der Waals surface area contributed by atoms with Crippen LogP contribution in [0.3, 0.4) is 0 Å². The molecule has 1 amide bonds. The van der Waals surface area contributed by atoms with Crippen LogP contribution in [0, 0.1) is 0 Å². The molecule has 0 aliphatic carbocycles. The summed E-state index contributed by atoms with van der Waals surface area (Å²) >= 11 is 0. The zero-order valence-electron chi connectivity index (χ0n) is 11.8. The summed E-state index contributed by atoms with van der Waals surface area (Å²) in [5.41, 5.74) is 1.03. The quantitative estimate of drug-likeness (QED) is 0.472. The molecule has 1 heterocycles. The predicted molar refractivity (Wildman–Crippen MR) is 70.9 cm³/mol. The fraction of sp³-hybridized carbons (Fsp3) is 0.286. The van der Waals surface area contributed by atoms with Gasteiger partial charge in [-0.1, -0.05) is 12.1 Å². The second-order valence-electron chi connectivity index (χ2n) is 4.48. The number of carbonyl (C=O) groups is 1. The molecule has 0 atom stereocenters. The van der Waals surface area contributed by atoms with Crippen LogP contribution in [-0.4, -0.2) is 29.7 Å². The van der Waals surface area contributed by atoms with Crippen molar-refractivity contribution in [2.75, 3.05) is 14.2 Å². The molecule has 0 aliphatic rings. The number of aromatic nitrogens is 2. The van der Waals surface area contributed by atoms with Gasteiger partial charge in [-0.3, -0.25) is 0 Å². The number of aryl methyl sites for hydroxylation is 1. The highest BCUT2D eigenvalue weighted by molar-refractivity contribution is 5.76. The first-order valence-electron chi connectivity index (χ1n) is 6.02. The van der Waals surface area contributed by atoms with E-state index in [-0.39, 0.29) is 30.0 Å². The van der Waals surface area contributed by atoms with Crippen molar-refractivity contribution in [3.8, 4) is 5.75 Å². The Kier molecular flexibility index (Phi) is 6.00. The van der Waals surface area contributed by atoms with Crippen molar-refractivity contribution < 1.29 is 38.1 Å². The summed E-state index contributed by atoms with van der Waals surface area (Å²) in [7, 11) is 5.29. The van der Waals surface area contributed by atoms with E-state index in [4.69, 9.17) is 4.74 Å². The predicted octanol–water partition coefficient (Wildman–Crippen LogP) is -1.57. The Bertz CT molecular complexity index is 583. The Morgan fingerprint density at radius 2 is 2.20 bits per heavy atom. The van der Waals surface area contributed by atoms with Crippen LogP contribution in [0.2, 0.25) is 0 Å². The fourth-order valence-corrected chi connectivity index (χ4v) is 1.87. The number of benzene rings is 1. The molecule has 1 aromatic carbocycles. The van der Waals surface area contributed by atoms with E-state index in [1.54, 1.807) is 36.1 Å². The van der Waals surface area contributed by atoms with E-state index in [1.165, 1.54) is 0 Å². The van der Waals surface area contributed by atoms with Crippen molar-refractivity contribution in [3.63, 3.8) is 0 Å². The Hall–Kier alpha value is -1.57. The van der Waals surface area contributed by atoms with Gasteiger partial charge in [-0.15, -0.1) is 0 Å². The second-order valence-corrected chi connectivity index (χ2v) is 4.48. The smallest absolute Gasteiger partial charge is 0.415 e. The van der Waals surface area contributed by atoms with Crippen molar-refractivity contribution in [2.24, 2.45) is 7.05 Å². The highest BCUT2D eigenvalue weighted by Gasteiger charge is 2.17. The van der Waals surface area contributed by atoms with E-state index in [9.17, 15) is 4.79 Å². The third-order valence-electron chi connectivity index (χ3n) is 2.87. The summed E-state index contributed by atoms with van der Waals surface area (Å²) < 4.78 is 8.56. The first kappa shape index (κ1) is 16.5. The molecule has 0 aliphatic heterocycles. The lowest BCUT2D eigenvalue weighted by atomic mass is 10.2. The molecule has 2 aromatic rings. The summed E-state index contributed by atoms with van der Waals surface area (Å²) in [5, 5.41) is 0. The van der Waals surface area contributed by atoms with Gasteiger partial charge in [0.2, 0.25) is 0 Å². The number of halogens is 1. The molecule has 1 aromatic heterocycles. The maximum absolute atomic E-state index is 12.2. The zero-order chi connectivity index (χ0) is 13.8. The monoisotopic (exact) mass is 387 g/mol. The minimum atomic E-state index is -0.0663. The van der Waals surface area contributed by atoms with Gasteiger partial charge in [-0.2, -0.15) is 4.57 Å². The average molecular weight is 387 g/mol. The van der Waals surface area contributed by atoms with Crippen molar-refractivity contribution in [3.05, 3.63) is 48.5 Å².